The van der Waals surface area contributed by atoms with E-state index in [9.17, 15) is 14.9 Å². The topological polar surface area (TPSA) is 97.1 Å². The van der Waals surface area contributed by atoms with E-state index in [1.807, 2.05) is 57.2 Å². The van der Waals surface area contributed by atoms with Crippen LogP contribution in [0.1, 0.15) is 39.9 Å². The number of hydrogen-bond donors (Lipinski definition) is 1. The lowest BCUT2D eigenvalue weighted by atomic mass is 10.0. The van der Waals surface area contributed by atoms with Gasteiger partial charge >= 0.3 is 5.97 Å². The van der Waals surface area contributed by atoms with Crippen molar-refractivity contribution in [3.63, 3.8) is 0 Å². The summed E-state index contributed by atoms with van der Waals surface area (Å²) in [6, 6.07) is 11.3. The number of rotatable bonds is 8. The normalized spacial score (nSPS) is 12.6. The lowest BCUT2D eigenvalue weighted by Gasteiger charge is -2.12. The van der Waals surface area contributed by atoms with Gasteiger partial charge in [0.1, 0.15) is 11.6 Å². The van der Waals surface area contributed by atoms with Crippen LogP contribution in [0.5, 0.6) is 0 Å². The number of para-hydroxylation sites is 1. The van der Waals surface area contributed by atoms with Gasteiger partial charge in [0.15, 0.2) is 6.10 Å². The minimum Gasteiger partial charge on any atom is -0.450 e. The first-order valence-electron chi connectivity index (χ1n) is 10.4. The maximum Gasteiger partial charge on any atom is 0.349 e. The van der Waals surface area contributed by atoms with Gasteiger partial charge in [-0.25, -0.2) is 4.79 Å². The molecule has 3 aromatic rings. The summed E-state index contributed by atoms with van der Waals surface area (Å²) in [5.74, 6) is -1.14. The molecule has 0 radical (unpaired) electrons. The number of aromatic amines is 1. The fourth-order valence-electron chi connectivity index (χ4n) is 3.87. The number of benzene rings is 1. The molecule has 0 saturated carbocycles. The lowest BCUT2D eigenvalue weighted by molar-refractivity contribution is -0.141. The van der Waals surface area contributed by atoms with Gasteiger partial charge in [-0.05, 0) is 51.5 Å². The quantitative estimate of drug-likeness (QED) is 0.248. The fourth-order valence-corrected chi connectivity index (χ4v) is 3.87. The number of nitrogens with one attached hydrogen (secondary N) is 1. The maximum atomic E-state index is 13.0. The zero-order chi connectivity index (χ0) is 23.4. The highest BCUT2D eigenvalue weighted by molar-refractivity contribution is 6.12. The van der Waals surface area contributed by atoms with Crippen LogP contribution in [0.3, 0.4) is 0 Å². The Labute approximate surface area is 187 Å². The molecule has 0 amide bonds. The molecule has 166 valence electrons. The second kappa shape index (κ2) is 9.67. The summed E-state index contributed by atoms with van der Waals surface area (Å²) < 4.78 is 12.6. The largest absolute Gasteiger partial charge is 0.450 e. The Balaban J connectivity index is 1.81. The second-order valence-corrected chi connectivity index (χ2v) is 7.72. The first-order chi connectivity index (χ1) is 15.3. The maximum absolute atomic E-state index is 13.0. The fraction of sp³-hybridized carbons (Fsp3) is 0.320. The van der Waals surface area contributed by atoms with Crippen LogP contribution in [0.15, 0.2) is 35.9 Å². The van der Waals surface area contributed by atoms with Crippen molar-refractivity contribution in [1.82, 2.24) is 9.55 Å². The van der Waals surface area contributed by atoms with Gasteiger partial charge in [-0.2, -0.15) is 5.26 Å². The average Bonchev–Trinajstić information content (AvgIpc) is 3.24. The minimum absolute atomic E-state index is 0.160. The van der Waals surface area contributed by atoms with E-state index in [0.29, 0.717) is 24.4 Å². The Bertz CT molecular complexity index is 1240. The third-order valence-electron chi connectivity index (χ3n) is 5.57. The standard InChI is InChI=1S/C25H27N3O4/c1-15-12-19(17(3)28(15)10-11-31-5)13-20(14-26)25(30)32-18(4)24(29)23-16(2)27-22-9-7-6-8-21(22)23/h6-9,12-13,18,27H,10-11H2,1-5H3/b20-13+/t18-/m1/s1. The first kappa shape index (κ1) is 23.0. The molecule has 0 aliphatic heterocycles. The van der Waals surface area contributed by atoms with Crippen LogP contribution in [0.4, 0.5) is 0 Å². The number of Topliss-reactive ketones (excluding diaryl/α,β-unsaturated/α-hetero) is 1. The van der Waals surface area contributed by atoms with Crippen molar-refractivity contribution in [2.75, 3.05) is 13.7 Å². The molecule has 0 saturated heterocycles. The molecule has 0 aliphatic rings. The van der Waals surface area contributed by atoms with Crippen molar-refractivity contribution in [3.8, 4) is 6.07 Å². The average molecular weight is 434 g/mol. The number of methoxy groups -OCH3 is 1. The number of fused-ring (bicyclic) bond motifs is 1. The predicted molar refractivity (Wildman–Crippen MR) is 122 cm³/mol. The highest BCUT2D eigenvalue weighted by atomic mass is 16.5. The van der Waals surface area contributed by atoms with Crippen LogP contribution in [0.2, 0.25) is 0 Å². The molecule has 1 N–H and O–H groups in total. The molecule has 0 bridgehead atoms. The Morgan fingerprint density at radius 1 is 1.25 bits per heavy atom. The molecular formula is C25H27N3O4. The number of esters is 1. The van der Waals surface area contributed by atoms with Crippen molar-refractivity contribution in [2.24, 2.45) is 0 Å². The first-order valence-corrected chi connectivity index (χ1v) is 10.4. The Morgan fingerprint density at radius 2 is 1.97 bits per heavy atom. The van der Waals surface area contributed by atoms with Crippen molar-refractivity contribution in [1.29, 1.82) is 5.26 Å². The molecule has 3 rings (SSSR count). The van der Waals surface area contributed by atoms with Crippen molar-refractivity contribution < 1.29 is 19.1 Å². The van der Waals surface area contributed by atoms with Crippen LogP contribution in [0, 0.1) is 32.1 Å². The molecule has 7 nitrogen and oxygen atoms in total. The Kier molecular flexibility index (Phi) is 6.96. The van der Waals surface area contributed by atoms with Gasteiger partial charge in [0.05, 0.1) is 6.61 Å². The summed E-state index contributed by atoms with van der Waals surface area (Å²) in [5.41, 5.74) is 4.54. The molecule has 32 heavy (non-hydrogen) atoms. The van der Waals surface area contributed by atoms with Crippen LogP contribution < -0.4 is 0 Å². The van der Waals surface area contributed by atoms with Crippen LogP contribution in [-0.4, -0.2) is 41.1 Å². The highest BCUT2D eigenvalue weighted by Gasteiger charge is 2.26. The number of carbonyl (C=O) groups is 2. The van der Waals surface area contributed by atoms with Crippen molar-refractivity contribution >= 4 is 28.7 Å². The monoisotopic (exact) mass is 433 g/mol. The molecule has 2 aromatic heterocycles. The third-order valence-corrected chi connectivity index (χ3v) is 5.57. The van der Waals surface area contributed by atoms with E-state index in [-0.39, 0.29) is 11.4 Å². The highest BCUT2D eigenvalue weighted by Crippen LogP contribution is 2.24. The molecular weight excluding hydrogens is 406 g/mol. The molecule has 0 aliphatic carbocycles. The second-order valence-electron chi connectivity index (χ2n) is 7.72. The number of H-pyrrole nitrogens is 1. The van der Waals surface area contributed by atoms with Crippen molar-refractivity contribution in [3.05, 3.63) is 64.1 Å². The van der Waals surface area contributed by atoms with Gasteiger partial charge in [0.25, 0.3) is 0 Å². The summed E-state index contributed by atoms with van der Waals surface area (Å²) in [6.45, 7) is 8.42. The zero-order valence-corrected chi connectivity index (χ0v) is 19.0. The number of aryl methyl sites for hydroxylation is 2. The van der Waals surface area contributed by atoms with Gasteiger partial charge in [0.2, 0.25) is 5.78 Å². The van der Waals surface area contributed by atoms with Gasteiger partial charge < -0.3 is 19.0 Å². The minimum atomic E-state index is -1.04. The van der Waals surface area contributed by atoms with E-state index in [1.54, 1.807) is 7.11 Å². The number of hydrogen-bond acceptors (Lipinski definition) is 5. The third kappa shape index (κ3) is 4.51. The molecule has 0 unspecified atom stereocenters. The number of nitrogens with zero attached hydrogens (tertiary/aromatic N) is 2. The van der Waals surface area contributed by atoms with Crippen LogP contribution >= 0.6 is 0 Å². The molecule has 0 spiro atoms. The number of nitriles is 1. The SMILES string of the molecule is COCCn1c(C)cc(/C=C(\C#N)C(=O)O[C@H](C)C(=O)c2c(C)[nH]c3ccccc23)c1C. The molecule has 1 atom stereocenters. The summed E-state index contributed by atoms with van der Waals surface area (Å²) in [4.78, 5) is 28.9. The molecule has 1 aromatic carbocycles. The van der Waals surface area contributed by atoms with Crippen LogP contribution in [-0.2, 0) is 20.8 Å². The lowest BCUT2D eigenvalue weighted by Crippen LogP contribution is -2.25. The number of ether oxygens (including phenoxy) is 2. The molecule has 0 fully saturated rings. The van der Waals surface area contributed by atoms with E-state index >= 15 is 0 Å². The van der Waals surface area contributed by atoms with Gasteiger partial charge in [-0.1, -0.05) is 18.2 Å². The van der Waals surface area contributed by atoms with Gasteiger partial charge in [-0.15, -0.1) is 0 Å². The molecule has 7 heteroatoms. The summed E-state index contributed by atoms with van der Waals surface area (Å²) in [5, 5.41) is 10.3. The zero-order valence-electron chi connectivity index (χ0n) is 19.0. The number of carbonyl (C=O) groups excluding carboxylic acids is 2. The van der Waals surface area contributed by atoms with E-state index in [0.717, 1.165) is 27.9 Å². The summed E-state index contributed by atoms with van der Waals surface area (Å²) in [7, 11) is 1.64. The number of ketones is 1. The van der Waals surface area contributed by atoms with Crippen LogP contribution in [0.25, 0.3) is 17.0 Å². The predicted octanol–water partition coefficient (Wildman–Crippen LogP) is 4.26. The van der Waals surface area contributed by atoms with E-state index in [2.05, 4.69) is 9.55 Å². The van der Waals surface area contributed by atoms with Gasteiger partial charge in [-0.3, -0.25) is 4.79 Å². The molecule has 2 heterocycles. The Morgan fingerprint density at radius 3 is 2.66 bits per heavy atom. The Hall–Kier alpha value is -3.63. The van der Waals surface area contributed by atoms with Gasteiger partial charge in [0, 0.05) is 47.2 Å². The number of aromatic nitrogens is 2. The van der Waals surface area contributed by atoms with E-state index < -0.39 is 12.1 Å². The van der Waals surface area contributed by atoms with E-state index in [1.165, 1.54) is 13.0 Å². The smallest absolute Gasteiger partial charge is 0.349 e. The summed E-state index contributed by atoms with van der Waals surface area (Å²) >= 11 is 0. The van der Waals surface area contributed by atoms with E-state index in [4.69, 9.17) is 9.47 Å². The summed E-state index contributed by atoms with van der Waals surface area (Å²) in [6.07, 6.45) is 0.466. The van der Waals surface area contributed by atoms with Crippen molar-refractivity contribution in [2.45, 2.75) is 40.3 Å².